The van der Waals surface area contributed by atoms with Gasteiger partial charge in [0.2, 0.25) is 5.95 Å². The number of carbonyl (C=O) groups is 1. The molecule has 3 aromatic rings. The predicted molar refractivity (Wildman–Crippen MR) is 136 cm³/mol. The number of halogens is 1. The van der Waals surface area contributed by atoms with Crippen molar-refractivity contribution in [1.82, 2.24) is 14.8 Å². The number of fused-ring (bicyclic) bond motifs is 1. The third-order valence-corrected chi connectivity index (χ3v) is 6.50. The molecule has 0 fully saturated rings. The van der Waals surface area contributed by atoms with Crippen LogP contribution in [0.5, 0.6) is 11.5 Å². The summed E-state index contributed by atoms with van der Waals surface area (Å²) in [5, 5.41) is 10.7. The number of hydrogen-bond acceptors (Lipinski definition) is 6. The lowest BCUT2D eigenvalue weighted by Gasteiger charge is -2.29. The molecule has 0 saturated carbocycles. The van der Waals surface area contributed by atoms with Crippen LogP contribution in [0.1, 0.15) is 43.0 Å². The van der Waals surface area contributed by atoms with Gasteiger partial charge in [0.1, 0.15) is 12.4 Å². The van der Waals surface area contributed by atoms with Crippen molar-refractivity contribution in [3.05, 3.63) is 69.1 Å². The molecule has 1 amide bonds. The van der Waals surface area contributed by atoms with Crippen LogP contribution in [0.2, 0.25) is 0 Å². The molecule has 8 nitrogen and oxygen atoms in total. The number of benzene rings is 2. The first kappa shape index (κ1) is 23.8. The summed E-state index contributed by atoms with van der Waals surface area (Å²) in [6.07, 6.45) is 2.34. The van der Waals surface area contributed by atoms with Crippen LogP contribution < -0.4 is 20.1 Å². The number of rotatable bonds is 7. The highest BCUT2D eigenvalue weighted by Crippen LogP contribution is 2.42. The monoisotopic (exact) mass is 525 g/mol. The van der Waals surface area contributed by atoms with E-state index in [0.29, 0.717) is 35.3 Å². The summed E-state index contributed by atoms with van der Waals surface area (Å²) in [5.74, 6) is 1.55. The fourth-order valence-corrected chi connectivity index (χ4v) is 4.59. The first-order chi connectivity index (χ1) is 16.3. The maximum Gasteiger partial charge on any atom is 0.255 e. The Labute approximate surface area is 207 Å². The summed E-state index contributed by atoms with van der Waals surface area (Å²) in [6, 6.07) is 9.16. The zero-order valence-electron chi connectivity index (χ0n) is 19.9. The first-order valence-corrected chi connectivity index (χ1v) is 11.9. The summed E-state index contributed by atoms with van der Waals surface area (Å²) in [6.45, 7) is 8.50. The molecule has 4 rings (SSSR count). The minimum absolute atomic E-state index is 0.216. The number of amides is 1. The van der Waals surface area contributed by atoms with Crippen molar-refractivity contribution >= 4 is 33.5 Å². The lowest BCUT2D eigenvalue weighted by atomic mass is 9.94. The second-order valence-corrected chi connectivity index (χ2v) is 9.03. The van der Waals surface area contributed by atoms with E-state index in [9.17, 15) is 4.79 Å². The Hall–Kier alpha value is -3.33. The number of nitrogens with one attached hydrogen (secondary N) is 2. The van der Waals surface area contributed by atoms with Gasteiger partial charge in [0, 0.05) is 11.4 Å². The summed E-state index contributed by atoms with van der Waals surface area (Å²) < 4.78 is 14.0. The third-order valence-electron chi connectivity index (χ3n) is 5.91. The minimum atomic E-state index is -0.519. The van der Waals surface area contributed by atoms with Crippen molar-refractivity contribution in [3.8, 4) is 11.5 Å². The molecule has 1 atom stereocenters. The molecule has 1 aromatic heterocycles. The van der Waals surface area contributed by atoms with E-state index >= 15 is 0 Å². The van der Waals surface area contributed by atoms with Crippen LogP contribution in [-0.2, 0) is 4.79 Å². The van der Waals surface area contributed by atoms with Crippen LogP contribution in [-0.4, -0.2) is 34.4 Å². The number of carbonyl (C=O) groups excluding carboxylic acids is 1. The molecule has 2 heterocycles. The van der Waals surface area contributed by atoms with E-state index in [0.717, 1.165) is 33.3 Å². The zero-order valence-corrected chi connectivity index (χ0v) is 21.5. The number of allylic oxidation sites excluding steroid dienone is 1. The van der Waals surface area contributed by atoms with E-state index in [1.165, 1.54) is 6.33 Å². The Morgan fingerprint density at radius 1 is 1.26 bits per heavy atom. The van der Waals surface area contributed by atoms with Gasteiger partial charge >= 0.3 is 0 Å². The summed E-state index contributed by atoms with van der Waals surface area (Å²) in [7, 11) is 1.60. The Kier molecular flexibility index (Phi) is 6.92. The van der Waals surface area contributed by atoms with Gasteiger partial charge in [-0.1, -0.05) is 19.1 Å². The van der Waals surface area contributed by atoms with Gasteiger partial charge < -0.3 is 20.1 Å². The summed E-state index contributed by atoms with van der Waals surface area (Å²) in [4.78, 5) is 18.0. The van der Waals surface area contributed by atoms with Crippen LogP contribution in [0.3, 0.4) is 0 Å². The quantitative estimate of drug-likeness (QED) is 0.430. The second-order valence-electron chi connectivity index (χ2n) is 8.18. The smallest absolute Gasteiger partial charge is 0.255 e. The maximum atomic E-state index is 13.7. The van der Waals surface area contributed by atoms with Gasteiger partial charge in [-0.3, -0.25) is 4.79 Å². The SMILES string of the molecule is CCCOc1c(Br)cc(C2C(C(=O)Nc3cccc(C)c3C)=C(C)Nc3ncnn32)cc1OC. The molecule has 0 bridgehead atoms. The molecule has 2 N–H and O–H groups in total. The Balaban J connectivity index is 1.80. The molecule has 0 saturated heterocycles. The topological polar surface area (TPSA) is 90.3 Å². The number of aryl methyl sites for hydroxylation is 1. The highest BCUT2D eigenvalue weighted by atomic mass is 79.9. The summed E-state index contributed by atoms with van der Waals surface area (Å²) >= 11 is 3.63. The third kappa shape index (κ3) is 4.40. The predicted octanol–water partition coefficient (Wildman–Crippen LogP) is 5.38. The van der Waals surface area contributed by atoms with E-state index in [2.05, 4.69) is 36.6 Å². The number of methoxy groups -OCH3 is 1. The maximum absolute atomic E-state index is 13.7. The molecule has 9 heteroatoms. The highest BCUT2D eigenvalue weighted by Gasteiger charge is 2.34. The van der Waals surface area contributed by atoms with Crippen LogP contribution in [0.4, 0.5) is 11.6 Å². The van der Waals surface area contributed by atoms with Gasteiger partial charge in [0.25, 0.3) is 5.91 Å². The van der Waals surface area contributed by atoms with Crippen LogP contribution >= 0.6 is 15.9 Å². The normalized spacial score (nSPS) is 14.9. The van der Waals surface area contributed by atoms with Crippen LogP contribution in [0.15, 0.2) is 52.4 Å². The standard InChI is InChI=1S/C25H28BrN5O3/c1-6-10-34-23-18(26)11-17(12-20(23)33-5)22-21(16(4)29-25-27-13-28-31(22)25)24(32)30-19-9-7-8-14(2)15(19)3/h7-9,11-13,22H,6,10H2,1-5H3,(H,30,32)(H,27,28,29). The van der Waals surface area contributed by atoms with Gasteiger partial charge in [0.05, 0.1) is 23.8 Å². The van der Waals surface area contributed by atoms with Crippen molar-refractivity contribution < 1.29 is 14.3 Å². The lowest BCUT2D eigenvalue weighted by Crippen LogP contribution is -2.31. The Morgan fingerprint density at radius 2 is 2.06 bits per heavy atom. The number of aromatic nitrogens is 3. The van der Waals surface area contributed by atoms with Gasteiger partial charge in [0.15, 0.2) is 11.5 Å². The zero-order chi connectivity index (χ0) is 24.4. The van der Waals surface area contributed by atoms with Crippen molar-refractivity contribution in [1.29, 1.82) is 0 Å². The van der Waals surface area contributed by atoms with Gasteiger partial charge in [-0.15, -0.1) is 0 Å². The molecular weight excluding hydrogens is 498 g/mol. The molecule has 0 spiro atoms. The lowest BCUT2D eigenvalue weighted by molar-refractivity contribution is -0.113. The highest BCUT2D eigenvalue weighted by molar-refractivity contribution is 9.10. The van der Waals surface area contributed by atoms with Gasteiger partial charge in [-0.05, 0) is 78.0 Å². The number of nitrogens with zero attached hydrogens (tertiary/aromatic N) is 3. The number of hydrogen-bond donors (Lipinski definition) is 2. The Morgan fingerprint density at radius 3 is 2.79 bits per heavy atom. The number of ether oxygens (including phenoxy) is 2. The molecule has 2 aromatic carbocycles. The van der Waals surface area contributed by atoms with Crippen LogP contribution in [0, 0.1) is 13.8 Å². The molecule has 0 radical (unpaired) electrons. The fourth-order valence-electron chi connectivity index (χ4n) is 4.01. The van der Waals surface area contributed by atoms with Crippen molar-refractivity contribution in [2.45, 2.75) is 40.2 Å². The summed E-state index contributed by atoms with van der Waals surface area (Å²) in [5.41, 5.74) is 4.96. The molecule has 1 aliphatic rings. The number of anilines is 2. The molecule has 0 aliphatic carbocycles. The molecule has 1 aliphatic heterocycles. The van der Waals surface area contributed by atoms with Crippen molar-refractivity contribution in [2.75, 3.05) is 24.4 Å². The molecular formula is C25H28BrN5O3. The van der Waals surface area contributed by atoms with Gasteiger partial charge in [-0.2, -0.15) is 10.1 Å². The fraction of sp³-hybridized carbons (Fsp3) is 0.320. The average molecular weight is 526 g/mol. The van der Waals surface area contributed by atoms with E-state index in [1.54, 1.807) is 11.8 Å². The van der Waals surface area contributed by atoms with Crippen LogP contribution in [0.25, 0.3) is 0 Å². The first-order valence-electron chi connectivity index (χ1n) is 11.1. The Bertz CT molecular complexity index is 1270. The molecule has 178 valence electrons. The van der Waals surface area contributed by atoms with Gasteiger partial charge in [-0.25, -0.2) is 4.68 Å². The molecule has 1 unspecified atom stereocenters. The van der Waals surface area contributed by atoms with E-state index in [1.807, 2.05) is 58.0 Å². The van der Waals surface area contributed by atoms with E-state index in [-0.39, 0.29) is 5.91 Å². The average Bonchev–Trinajstić information content (AvgIpc) is 3.27. The second kappa shape index (κ2) is 9.89. The van der Waals surface area contributed by atoms with Crippen molar-refractivity contribution in [2.24, 2.45) is 0 Å². The van der Waals surface area contributed by atoms with E-state index in [4.69, 9.17) is 9.47 Å². The minimum Gasteiger partial charge on any atom is -0.493 e. The molecule has 34 heavy (non-hydrogen) atoms. The van der Waals surface area contributed by atoms with Crippen molar-refractivity contribution in [3.63, 3.8) is 0 Å². The largest absolute Gasteiger partial charge is 0.493 e. The van der Waals surface area contributed by atoms with E-state index < -0.39 is 6.04 Å².